The quantitative estimate of drug-likeness (QED) is 0.862. The van der Waals surface area contributed by atoms with E-state index in [-0.39, 0.29) is 0 Å². The molecule has 20 heavy (non-hydrogen) atoms. The highest BCUT2D eigenvalue weighted by atomic mass is 32.2. The van der Waals surface area contributed by atoms with E-state index in [4.69, 9.17) is 0 Å². The largest absolute Gasteiger partial charge is 0.313 e. The van der Waals surface area contributed by atoms with Crippen LogP contribution in [0.4, 0.5) is 5.69 Å². The van der Waals surface area contributed by atoms with Crippen LogP contribution >= 0.6 is 11.3 Å². The molecule has 1 aromatic heterocycles. The second-order valence-electron chi connectivity index (χ2n) is 4.49. The van der Waals surface area contributed by atoms with Gasteiger partial charge in [-0.3, -0.25) is 4.72 Å². The average molecular weight is 310 g/mol. The summed E-state index contributed by atoms with van der Waals surface area (Å²) < 4.78 is 27.2. The first-order chi connectivity index (χ1) is 9.53. The summed E-state index contributed by atoms with van der Waals surface area (Å²) >= 11 is 1.46. The van der Waals surface area contributed by atoms with Crippen LogP contribution < -0.4 is 10.0 Å². The highest BCUT2D eigenvalue weighted by Gasteiger charge is 2.15. The summed E-state index contributed by atoms with van der Waals surface area (Å²) in [5.74, 6) is 0. The fourth-order valence-corrected chi connectivity index (χ4v) is 3.56. The van der Waals surface area contributed by atoms with Gasteiger partial charge in [-0.1, -0.05) is 13.0 Å². The van der Waals surface area contributed by atoms with Crippen LogP contribution in [0.15, 0.2) is 39.9 Å². The number of sulfonamides is 1. The van der Waals surface area contributed by atoms with E-state index in [1.807, 2.05) is 25.3 Å². The van der Waals surface area contributed by atoms with Crippen LogP contribution in [0.5, 0.6) is 0 Å². The van der Waals surface area contributed by atoms with Crippen LogP contribution in [0.3, 0.4) is 0 Å². The summed E-state index contributed by atoms with van der Waals surface area (Å²) in [7, 11) is -3.52. The number of aryl methyl sites for hydroxylation is 1. The zero-order chi connectivity index (χ0) is 14.6. The fourth-order valence-electron chi connectivity index (χ4n) is 1.80. The van der Waals surface area contributed by atoms with Crippen molar-refractivity contribution in [1.29, 1.82) is 0 Å². The van der Waals surface area contributed by atoms with Crippen molar-refractivity contribution in [3.8, 4) is 0 Å². The van der Waals surface area contributed by atoms with Gasteiger partial charge in [0, 0.05) is 11.9 Å². The topological polar surface area (TPSA) is 58.2 Å². The van der Waals surface area contributed by atoms with Gasteiger partial charge in [-0.05, 0) is 48.2 Å². The maximum Gasteiger partial charge on any atom is 0.261 e. The highest BCUT2D eigenvalue weighted by molar-refractivity contribution is 7.92. The number of rotatable bonds is 6. The van der Waals surface area contributed by atoms with E-state index in [1.54, 1.807) is 23.6 Å². The van der Waals surface area contributed by atoms with Crippen LogP contribution in [-0.4, -0.2) is 15.0 Å². The summed E-state index contributed by atoms with van der Waals surface area (Å²) in [6.07, 6.45) is 0. The zero-order valence-electron chi connectivity index (χ0n) is 11.5. The van der Waals surface area contributed by atoms with Crippen molar-refractivity contribution < 1.29 is 8.42 Å². The lowest BCUT2D eigenvalue weighted by Crippen LogP contribution is -2.15. The molecule has 0 aliphatic carbocycles. The van der Waals surface area contributed by atoms with E-state index in [2.05, 4.69) is 10.0 Å². The first-order valence-corrected chi connectivity index (χ1v) is 8.81. The van der Waals surface area contributed by atoms with Gasteiger partial charge >= 0.3 is 0 Å². The minimum absolute atomic E-state index is 0.294. The third-order valence-electron chi connectivity index (χ3n) is 2.97. The molecule has 0 radical (unpaired) electrons. The summed E-state index contributed by atoms with van der Waals surface area (Å²) in [6.45, 7) is 5.52. The van der Waals surface area contributed by atoms with Crippen molar-refractivity contribution in [3.05, 3.63) is 46.2 Å². The number of thiophene rings is 1. The van der Waals surface area contributed by atoms with Gasteiger partial charge in [0.1, 0.15) is 0 Å². The SMILES string of the molecule is CCNCc1cc(S(=O)(=O)Nc2ccsc2)ccc1C. The number of anilines is 1. The van der Waals surface area contributed by atoms with Crippen molar-refractivity contribution in [2.24, 2.45) is 0 Å². The lowest BCUT2D eigenvalue weighted by molar-refractivity contribution is 0.601. The van der Waals surface area contributed by atoms with Gasteiger partial charge in [0.05, 0.1) is 10.6 Å². The molecule has 0 saturated carbocycles. The lowest BCUT2D eigenvalue weighted by Gasteiger charge is -2.11. The van der Waals surface area contributed by atoms with Crippen LogP contribution in [0.25, 0.3) is 0 Å². The van der Waals surface area contributed by atoms with Crippen molar-refractivity contribution in [2.75, 3.05) is 11.3 Å². The Kier molecular flexibility index (Phi) is 4.80. The first kappa shape index (κ1) is 15.0. The molecular weight excluding hydrogens is 292 g/mol. The van der Waals surface area contributed by atoms with E-state index < -0.39 is 10.0 Å². The van der Waals surface area contributed by atoms with Gasteiger partial charge in [-0.25, -0.2) is 8.42 Å². The van der Waals surface area contributed by atoms with Crippen molar-refractivity contribution in [3.63, 3.8) is 0 Å². The van der Waals surface area contributed by atoms with Crippen LogP contribution in [0, 0.1) is 6.92 Å². The predicted octanol–water partition coefficient (Wildman–Crippen LogP) is 2.97. The maximum absolute atomic E-state index is 12.3. The summed E-state index contributed by atoms with van der Waals surface area (Å²) in [5.41, 5.74) is 2.68. The van der Waals surface area contributed by atoms with E-state index in [0.29, 0.717) is 17.1 Å². The van der Waals surface area contributed by atoms with Gasteiger partial charge in [0.25, 0.3) is 10.0 Å². The molecule has 108 valence electrons. The van der Waals surface area contributed by atoms with Crippen LogP contribution in [0.1, 0.15) is 18.1 Å². The highest BCUT2D eigenvalue weighted by Crippen LogP contribution is 2.20. The number of hydrogen-bond acceptors (Lipinski definition) is 4. The lowest BCUT2D eigenvalue weighted by atomic mass is 10.1. The van der Waals surface area contributed by atoms with Crippen molar-refractivity contribution >= 4 is 27.0 Å². The average Bonchev–Trinajstić information content (AvgIpc) is 2.89. The molecule has 0 bridgehead atoms. The van der Waals surface area contributed by atoms with Gasteiger partial charge in [0.2, 0.25) is 0 Å². The van der Waals surface area contributed by atoms with Gasteiger partial charge in [-0.15, -0.1) is 0 Å². The summed E-state index contributed by atoms with van der Waals surface area (Å²) in [4.78, 5) is 0.294. The molecule has 4 nitrogen and oxygen atoms in total. The molecule has 0 aliphatic rings. The Hall–Kier alpha value is -1.37. The van der Waals surface area contributed by atoms with Crippen LogP contribution in [0.2, 0.25) is 0 Å². The Morgan fingerprint density at radius 1 is 1.25 bits per heavy atom. The smallest absolute Gasteiger partial charge is 0.261 e. The van der Waals surface area contributed by atoms with E-state index in [0.717, 1.165) is 17.7 Å². The molecule has 6 heteroatoms. The van der Waals surface area contributed by atoms with Crippen LogP contribution in [-0.2, 0) is 16.6 Å². The molecule has 0 spiro atoms. The fraction of sp³-hybridized carbons (Fsp3) is 0.286. The standard InChI is InChI=1S/C14H18N2O2S2/c1-3-15-9-12-8-14(5-4-11(12)2)20(17,18)16-13-6-7-19-10-13/h4-8,10,15-16H,3,9H2,1-2H3. The Morgan fingerprint density at radius 3 is 2.70 bits per heavy atom. The molecule has 2 N–H and O–H groups in total. The Balaban J connectivity index is 2.27. The van der Waals surface area contributed by atoms with Crippen molar-refractivity contribution in [1.82, 2.24) is 5.32 Å². The van der Waals surface area contributed by atoms with E-state index in [1.165, 1.54) is 11.3 Å². The zero-order valence-corrected chi connectivity index (χ0v) is 13.1. The Labute approximate surface area is 123 Å². The second-order valence-corrected chi connectivity index (χ2v) is 6.95. The molecule has 0 saturated heterocycles. The minimum Gasteiger partial charge on any atom is -0.313 e. The third-order valence-corrected chi connectivity index (χ3v) is 5.03. The monoisotopic (exact) mass is 310 g/mol. The second kappa shape index (κ2) is 6.39. The summed E-state index contributed by atoms with van der Waals surface area (Å²) in [5, 5.41) is 6.82. The molecule has 2 aromatic rings. The minimum atomic E-state index is -3.52. The molecule has 1 heterocycles. The molecule has 0 fully saturated rings. The maximum atomic E-state index is 12.3. The predicted molar refractivity (Wildman–Crippen MR) is 83.7 cm³/mol. The molecule has 2 rings (SSSR count). The molecule has 0 aliphatic heterocycles. The third kappa shape index (κ3) is 3.59. The van der Waals surface area contributed by atoms with Gasteiger partial charge in [0.15, 0.2) is 0 Å². The molecular formula is C14H18N2O2S2. The number of benzene rings is 1. The van der Waals surface area contributed by atoms with E-state index >= 15 is 0 Å². The van der Waals surface area contributed by atoms with Gasteiger partial charge < -0.3 is 5.32 Å². The van der Waals surface area contributed by atoms with Crippen molar-refractivity contribution in [2.45, 2.75) is 25.3 Å². The Bertz CT molecular complexity index is 664. The molecule has 0 atom stereocenters. The first-order valence-electron chi connectivity index (χ1n) is 6.38. The normalized spacial score (nSPS) is 11.5. The number of hydrogen-bond donors (Lipinski definition) is 2. The molecule has 0 unspecified atom stereocenters. The molecule has 0 amide bonds. The molecule has 1 aromatic carbocycles. The van der Waals surface area contributed by atoms with E-state index in [9.17, 15) is 8.42 Å². The summed E-state index contributed by atoms with van der Waals surface area (Å²) in [6, 6.07) is 6.96. The Morgan fingerprint density at radius 2 is 2.05 bits per heavy atom. The van der Waals surface area contributed by atoms with Gasteiger partial charge in [-0.2, -0.15) is 11.3 Å². The number of nitrogens with one attached hydrogen (secondary N) is 2.